The minimum atomic E-state index is -0.988. The number of aliphatic hydroxyl groups is 1. The number of aryl methyl sites for hydroxylation is 1. The van der Waals surface area contributed by atoms with E-state index in [1.165, 1.54) is 0 Å². The van der Waals surface area contributed by atoms with Crippen molar-refractivity contribution in [2.45, 2.75) is 72.1 Å². The number of carbonyl (C=O) groups is 1. The van der Waals surface area contributed by atoms with Crippen molar-refractivity contribution in [1.29, 1.82) is 0 Å². The van der Waals surface area contributed by atoms with Gasteiger partial charge in [0.2, 0.25) is 5.91 Å². The number of ether oxygens (including phenoxy) is 3. The minimum Gasteiger partial charge on any atom is -0.493 e. The monoisotopic (exact) mass is 478 g/mol. The first-order valence-electron chi connectivity index (χ1n) is 12.1. The third kappa shape index (κ3) is 11.2. The van der Waals surface area contributed by atoms with Crippen LogP contribution in [-0.4, -0.2) is 56.6 Å². The molecule has 0 unspecified atom stereocenters. The predicted molar refractivity (Wildman–Crippen MR) is 133 cm³/mol. The Kier molecular flexibility index (Phi) is 15.0. The highest BCUT2D eigenvalue weighted by molar-refractivity contribution is 5.78. The Morgan fingerprint density at radius 3 is 2.68 bits per heavy atom. The van der Waals surface area contributed by atoms with Gasteiger partial charge in [-0.3, -0.25) is 4.79 Å². The molecule has 0 saturated heterocycles. The molecule has 0 aliphatic carbocycles. The summed E-state index contributed by atoms with van der Waals surface area (Å²) in [6.07, 6.45) is 1.92. The van der Waals surface area contributed by atoms with Crippen LogP contribution < -0.4 is 10.1 Å². The average molecular weight is 479 g/mol. The van der Waals surface area contributed by atoms with Gasteiger partial charge in [0.1, 0.15) is 5.75 Å². The van der Waals surface area contributed by atoms with Gasteiger partial charge in [0.05, 0.1) is 32.0 Å². The summed E-state index contributed by atoms with van der Waals surface area (Å²) >= 11 is 0. The summed E-state index contributed by atoms with van der Waals surface area (Å²) in [5.74, 6) is 0.371. The van der Waals surface area contributed by atoms with E-state index in [4.69, 9.17) is 19.7 Å². The van der Waals surface area contributed by atoms with Crippen molar-refractivity contribution in [3.63, 3.8) is 0 Å². The number of hydrogen-bond donors (Lipinski definition) is 2. The zero-order valence-corrected chi connectivity index (χ0v) is 21.3. The van der Waals surface area contributed by atoms with Crippen LogP contribution in [0.15, 0.2) is 23.3 Å². The molecule has 0 aliphatic heterocycles. The fraction of sp³-hybridized carbons (Fsp3) is 0.720. The molecule has 9 nitrogen and oxygen atoms in total. The van der Waals surface area contributed by atoms with Crippen LogP contribution in [0.5, 0.6) is 5.75 Å². The predicted octanol–water partition coefficient (Wildman–Crippen LogP) is 4.55. The van der Waals surface area contributed by atoms with Gasteiger partial charge in [0.25, 0.3) is 0 Å². The van der Waals surface area contributed by atoms with Gasteiger partial charge in [0.15, 0.2) is 0 Å². The lowest BCUT2D eigenvalue weighted by atomic mass is 9.87. The first kappa shape index (κ1) is 29.7. The van der Waals surface area contributed by atoms with Crippen LogP contribution in [0.2, 0.25) is 0 Å². The molecule has 3 atom stereocenters. The molecule has 0 aliphatic rings. The van der Waals surface area contributed by atoms with E-state index in [1.54, 1.807) is 7.11 Å². The molecule has 192 valence electrons. The Morgan fingerprint density at radius 2 is 2.03 bits per heavy atom. The van der Waals surface area contributed by atoms with E-state index in [1.807, 2.05) is 39.0 Å². The number of nitrogens with zero attached hydrogens (tertiary/aromatic N) is 3. The quantitative estimate of drug-likeness (QED) is 0.139. The van der Waals surface area contributed by atoms with Crippen molar-refractivity contribution in [3.8, 4) is 5.75 Å². The van der Waals surface area contributed by atoms with Crippen LogP contribution >= 0.6 is 0 Å². The van der Waals surface area contributed by atoms with Crippen molar-refractivity contribution in [1.82, 2.24) is 5.32 Å². The van der Waals surface area contributed by atoms with Crippen molar-refractivity contribution in [3.05, 3.63) is 39.8 Å². The molecule has 1 rings (SSSR count). The highest BCUT2D eigenvalue weighted by Gasteiger charge is 2.29. The van der Waals surface area contributed by atoms with Crippen LogP contribution in [0.3, 0.4) is 0 Å². The average Bonchev–Trinajstić information content (AvgIpc) is 2.81. The Balaban J connectivity index is 2.67. The van der Waals surface area contributed by atoms with Crippen LogP contribution in [0.25, 0.3) is 10.4 Å². The van der Waals surface area contributed by atoms with Gasteiger partial charge in [-0.15, -0.1) is 0 Å². The molecule has 0 aromatic heterocycles. The molecule has 1 aromatic carbocycles. The summed E-state index contributed by atoms with van der Waals surface area (Å²) in [7, 11) is 1.66. The zero-order valence-electron chi connectivity index (χ0n) is 21.3. The SMILES string of the molecule is CCCCNC(=O)[C@@H](C[C@H](O)[C@H](COCc1ccc(C)c(OCCCOC)c1)N=[N+]=[N-])C(C)C. The van der Waals surface area contributed by atoms with Gasteiger partial charge >= 0.3 is 0 Å². The van der Waals surface area contributed by atoms with Crippen LogP contribution in [0, 0.1) is 18.8 Å². The van der Waals surface area contributed by atoms with Gasteiger partial charge < -0.3 is 24.6 Å². The highest BCUT2D eigenvalue weighted by atomic mass is 16.5. The summed E-state index contributed by atoms with van der Waals surface area (Å²) in [5, 5.41) is 17.4. The number of rotatable bonds is 18. The van der Waals surface area contributed by atoms with E-state index in [-0.39, 0.29) is 37.4 Å². The first-order chi connectivity index (χ1) is 16.3. The maximum absolute atomic E-state index is 12.6. The summed E-state index contributed by atoms with van der Waals surface area (Å²) in [4.78, 5) is 15.4. The van der Waals surface area contributed by atoms with Crippen molar-refractivity contribution in [2.75, 3.05) is 33.5 Å². The van der Waals surface area contributed by atoms with Crippen molar-refractivity contribution < 1.29 is 24.1 Å². The van der Waals surface area contributed by atoms with E-state index >= 15 is 0 Å². The Bertz CT molecular complexity index is 768. The topological polar surface area (TPSA) is 126 Å². The van der Waals surface area contributed by atoms with Crippen LogP contribution in [-0.2, 0) is 20.9 Å². The maximum Gasteiger partial charge on any atom is 0.223 e. The molecule has 0 saturated carbocycles. The second kappa shape index (κ2) is 17.2. The second-order valence-electron chi connectivity index (χ2n) is 8.88. The van der Waals surface area contributed by atoms with E-state index in [0.29, 0.717) is 19.8 Å². The number of amides is 1. The Morgan fingerprint density at radius 1 is 1.26 bits per heavy atom. The molecule has 2 N–H and O–H groups in total. The van der Waals surface area contributed by atoms with E-state index in [0.717, 1.165) is 36.1 Å². The normalized spacial score (nSPS) is 13.7. The summed E-state index contributed by atoms with van der Waals surface area (Å²) in [6, 6.07) is 5.06. The summed E-state index contributed by atoms with van der Waals surface area (Å²) in [5.41, 5.74) is 10.9. The molecule has 0 heterocycles. The van der Waals surface area contributed by atoms with Gasteiger partial charge in [-0.1, -0.05) is 44.4 Å². The number of nitrogens with one attached hydrogen (secondary N) is 1. The number of unbranched alkanes of at least 4 members (excludes halogenated alkanes) is 1. The number of benzene rings is 1. The Hall–Kier alpha value is -2.32. The minimum absolute atomic E-state index is 0.0405. The maximum atomic E-state index is 12.6. The molecular weight excluding hydrogens is 436 g/mol. The summed E-state index contributed by atoms with van der Waals surface area (Å²) < 4.78 is 16.6. The first-order valence-corrected chi connectivity index (χ1v) is 12.1. The lowest BCUT2D eigenvalue weighted by Crippen LogP contribution is -2.39. The second-order valence-corrected chi connectivity index (χ2v) is 8.88. The van der Waals surface area contributed by atoms with E-state index in [2.05, 4.69) is 22.3 Å². The Labute approximate surface area is 203 Å². The van der Waals surface area contributed by atoms with Crippen molar-refractivity contribution in [2.24, 2.45) is 17.0 Å². The highest BCUT2D eigenvalue weighted by Crippen LogP contribution is 2.22. The zero-order chi connectivity index (χ0) is 25.3. The number of aliphatic hydroxyl groups excluding tert-OH is 1. The largest absolute Gasteiger partial charge is 0.493 e. The van der Waals surface area contributed by atoms with Crippen LogP contribution in [0.4, 0.5) is 0 Å². The molecule has 1 amide bonds. The lowest BCUT2D eigenvalue weighted by molar-refractivity contribution is -0.127. The van der Waals surface area contributed by atoms with E-state index in [9.17, 15) is 9.90 Å². The summed E-state index contributed by atoms with van der Waals surface area (Å²) in [6.45, 7) is 10.1. The molecular formula is C25H42N4O5. The standard InChI is InChI=1S/C25H42N4O5/c1-6-7-11-27-25(31)21(18(2)3)15-23(30)22(28-29-26)17-33-16-20-10-9-19(4)24(14-20)34-13-8-12-32-5/h9-10,14,18,21-23,30H,6-8,11-13,15-17H2,1-5H3,(H,27,31)/t21-,22-,23-/m0/s1. The molecule has 0 spiro atoms. The molecule has 34 heavy (non-hydrogen) atoms. The lowest BCUT2D eigenvalue weighted by Gasteiger charge is -2.26. The smallest absolute Gasteiger partial charge is 0.223 e. The fourth-order valence-electron chi connectivity index (χ4n) is 3.48. The third-order valence-electron chi connectivity index (χ3n) is 5.67. The number of hydrogen-bond acceptors (Lipinski definition) is 6. The van der Waals surface area contributed by atoms with E-state index < -0.39 is 12.1 Å². The van der Waals surface area contributed by atoms with Gasteiger partial charge in [-0.05, 0) is 48.4 Å². The van der Waals surface area contributed by atoms with Gasteiger partial charge in [-0.25, -0.2) is 0 Å². The molecule has 0 fully saturated rings. The molecule has 0 bridgehead atoms. The van der Waals surface area contributed by atoms with Gasteiger partial charge in [0, 0.05) is 37.5 Å². The van der Waals surface area contributed by atoms with Crippen molar-refractivity contribution >= 4 is 5.91 Å². The molecule has 0 radical (unpaired) electrons. The third-order valence-corrected chi connectivity index (χ3v) is 5.67. The molecule has 1 aromatic rings. The number of methoxy groups -OCH3 is 1. The molecule has 9 heteroatoms. The fourth-order valence-corrected chi connectivity index (χ4v) is 3.48. The van der Waals surface area contributed by atoms with Crippen LogP contribution in [0.1, 0.15) is 57.6 Å². The number of azide groups is 1. The van der Waals surface area contributed by atoms with Gasteiger partial charge in [-0.2, -0.15) is 0 Å². The number of carbonyl (C=O) groups excluding carboxylic acids is 1.